The number of phenols is 1. The summed E-state index contributed by atoms with van der Waals surface area (Å²) < 4.78 is 5.63. The number of rotatable bonds is 12. The molecule has 0 saturated carbocycles. The second kappa shape index (κ2) is 12.6. The van der Waals surface area contributed by atoms with Gasteiger partial charge in [-0.25, -0.2) is 0 Å². The predicted molar refractivity (Wildman–Crippen MR) is 123 cm³/mol. The summed E-state index contributed by atoms with van der Waals surface area (Å²) in [4.78, 5) is 12.7. The van der Waals surface area contributed by atoms with E-state index in [-0.39, 0.29) is 24.2 Å². The van der Waals surface area contributed by atoms with Gasteiger partial charge in [0, 0.05) is 5.56 Å². The first-order valence-corrected chi connectivity index (χ1v) is 11.0. The molecule has 0 amide bonds. The van der Waals surface area contributed by atoms with Crippen molar-refractivity contribution in [3.05, 3.63) is 52.1 Å². The first-order chi connectivity index (χ1) is 13.7. The van der Waals surface area contributed by atoms with Crippen molar-refractivity contribution in [2.75, 3.05) is 13.2 Å². The first-order valence-electron chi connectivity index (χ1n) is 11.0. The largest absolute Gasteiger partial charge is 0.507 e. The Morgan fingerprint density at radius 2 is 1.59 bits per heavy atom. The minimum Gasteiger partial charge on any atom is -0.507 e. The van der Waals surface area contributed by atoms with Crippen LogP contribution in [-0.4, -0.2) is 24.1 Å². The Hall–Kier alpha value is -1.87. The molecule has 0 bridgehead atoms. The number of Topliss-reactive ketones (excluding diaryl/α,β-unsaturated/α-hetero) is 1. The predicted octanol–water partition coefficient (Wildman–Crippen LogP) is 7.31. The van der Waals surface area contributed by atoms with Crippen molar-refractivity contribution in [2.45, 2.75) is 86.0 Å². The van der Waals surface area contributed by atoms with Crippen molar-refractivity contribution in [1.29, 1.82) is 0 Å². The van der Waals surface area contributed by atoms with E-state index >= 15 is 0 Å². The molecule has 0 aliphatic rings. The van der Waals surface area contributed by atoms with Crippen molar-refractivity contribution >= 4 is 5.78 Å². The second-order valence-corrected chi connectivity index (χ2v) is 8.43. The van der Waals surface area contributed by atoms with Gasteiger partial charge in [0.05, 0.1) is 6.61 Å². The summed E-state index contributed by atoms with van der Waals surface area (Å²) in [5.74, 6) is 0.728. The zero-order valence-electron chi connectivity index (χ0n) is 19.5. The molecule has 0 aliphatic carbocycles. The van der Waals surface area contributed by atoms with Crippen LogP contribution in [0.1, 0.15) is 107 Å². The van der Waals surface area contributed by atoms with Crippen molar-refractivity contribution in [3.63, 3.8) is 0 Å². The molecule has 1 aromatic rings. The smallest absolute Gasteiger partial charge is 0.188 e. The molecule has 0 aliphatic heterocycles. The highest BCUT2D eigenvalue weighted by Crippen LogP contribution is 2.37. The molecule has 0 spiro atoms. The molecule has 29 heavy (non-hydrogen) atoms. The van der Waals surface area contributed by atoms with Gasteiger partial charge in [-0.15, -0.1) is 0 Å². The average Bonchev–Trinajstić information content (AvgIpc) is 2.69. The summed E-state index contributed by atoms with van der Waals surface area (Å²) in [6.45, 7) is 15.2. The van der Waals surface area contributed by atoms with E-state index in [2.05, 4.69) is 60.6 Å². The molecule has 1 aromatic carbocycles. The number of hydrogen-bond acceptors (Lipinski definition) is 3. The number of ether oxygens (including phenoxy) is 1. The minimum atomic E-state index is -0.0327. The van der Waals surface area contributed by atoms with Crippen LogP contribution in [0.2, 0.25) is 0 Å². The average molecular weight is 401 g/mol. The standard InChI is InChI=1S/C26H40O3/c1-8-20(6)23-15-22(16-24(26(23)28)21(7)9-2)25(27)17-29-14-13-19(5)12-10-11-18(3)4/h11,13,15-16,20-21,28H,8-10,12,14,17H2,1-7H3/b19-13+. The van der Waals surface area contributed by atoms with E-state index in [1.165, 1.54) is 11.1 Å². The molecule has 0 fully saturated rings. The summed E-state index contributed by atoms with van der Waals surface area (Å²) in [5.41, 5.74) is 4.98. The molecule has 3 nitrogen and oxygen atoms in total. The van der Waals surface area contributed by atoms with Crippen molar-refractivity contribution in [2.24, 2.45) is 0 Å². The van der Waals surface area contributed by atoms with Gasteiger partial charge in [0.1, 0.15) is 12.4 Å². The number of ketones is 1. The lowest BCUT2D eigenvalue weighted by atomic mass is 9.87. The topological polar surface area (TPSA) is 46.5 Å². The van der Waals surface area contributed by atoms with Gasteiger partial charge in [-0.05, 0) is 81.5 Å². The van der Waals surface area contributed by atoms with Crippen LogP contribution in [0.25, 0.3) is 0 Å². The monoisotopic (exact) mass is 400 g/mol. The molecule has 0 heterocycles. The molecule has 162 valence electrons. The molecule has 1 rings (SSSR count). The Kier molecular flexibility index (Phi) is 11.0. The molecule has 0 radical (unpaired) electrons. The van der Waals surface area contributed by atoms with Crippen molar-refractivity contribution < 1.29 is 14.6 Å². The number of carbonyl (C=O) groups is 1. The minimum absolute atomic E-state index is 0.0327. The Labute approximate surface area is 177 Å². The van der Waals surface area contributed by atoms with Gasteiger partial charge in [-0.1, -0.05) is 51.0 Å². The summed E-state index contributed by atoms with van der Waals surface area (Å²) in [6.07, 6.45) is 8.16. The van der Waals surface area contributed by atoms with Gasteiger partial charge >= 0.3 is 0 Å². The number of aromatic hydroxyl groups is 1. The van der Waals surface area contributed by atoms with Gasteiger partial charge in [-0.2, -0.15) is 0 Å². The molecular formula is C26H40O3. The number of hydrogen-bond donors (Lipinski definition) is 1. The molecule has 1 N–H and O–H groups in total. The maximum Gasteiger partial charge on any atom is 0.188 e. The fourth-order valence-corrected chi connectivity index (χ4v) is 3.16. The third kappa shape index (κ3) is 8.18. The summed E-state index contributed by atoms with van der Waals surface area (Å²) >= 11 is 0. The molecule has 0 saturated heterocycles. The SMILES string of the molecule is CCC(C)c1cc(C(=O)COC/C=C(\C)CCC=C(C)C)cc(C(C)CC)c1O. The maximum atomic E-state index is 12.7. The van der Waals surface area contributed by atoms with E-state index in [1.54, 1.807) is 0 Å². The second-order valence-electron chi connectivity index (χ2n) is 8.43. The summed E-state index contributed by atoms with van der Waals surface area (Å²) in [5, 5.41) is 10.7. The van der Waals surface area contributed by atoms with Gasteiger partial charge in [0.15, 0.2) is 5.78 Å². The van der Waals surface area contributed by atoms with Crippen LogP contribution >= 0.6 is 0 Å². The zero-order valence-corrected chi connectivity index (χ0v) is 19.5. The molecular weight excluding hydrogens is 360 g/mol. The van der Waals surface area contributed by atoms with Crippen molar-refractivity contribution in [1.82, 2.24) is 0 Å². The molecule has 0 aromatic heterocycles. The lowest BCUT2D eigenvalue weighted by molar-refractivity contribution is 0.0805. The third-order valence-corrected chi connectivity index (χ3v) is 5.65. The van der Waals surface area contributed by atoms with Crippen molar-refractivity contribution in [3.8, 4) is 5.75 Å². The molecule has 2 atom stereocenters. The van der Waals surface area contributed by atoms with Crippen LogP contribution in [0.3, 0.4) is 0 Å². The number of benzene rings is 1. The van der Waals surface area contributed by atoms with Gasteiger partial charge in [0.2, 0.25) is 0 Å². The quantitative estimate of drug-likeness (QED) is 0.227. The van der Waals surface area contributed by atoms with Crippen LogP contribution in [0, 0.1) is 0 Å². The van der Waals surface area contributed by atoms with E-state index in [1.807, 2.05) is 12.1 Å². The number of phenolic OH excluding ortho intramolecular Hbond substituents is 1. The van der Waals surface area contributed by atoms with E-state index in [0.29, 0.717) is 17.9 Å². The number of carbonyl (C=O) groups excluding carboxylic acids is 1. The van der Waals surface area contributed by atoms with Gasteiger partial charge < -0.3 is 9.84 Å². The normalized spacial score (nSPS) is 13.8. The van der Waals surface area contributed by atoms with E-state index in [9.17, 15) is 9.90 Å². The Morgan fingerprint density at radius 1 is 1.03 bits per heavy atom. The first kappa shape index (κ1) is 25.2. The fourth-order valence-electron chi connectivity index (χ4n) is 3.16. The van der Waals surface area contributed by atoms with E-state index in [4.69, 9.17) is 4.74 Å². The Balaban J connectivity index is 2.82. The van der Waals surface area contributed by atoms with Crippen LogP contribution in [0.4, 0.5) is 0 Å². The maximum absolute atomic E-state index is 12.7. The number of allylic oxidation sites excluding steroid dienone is 3. The van der Waals surface area contributed by atoms with E-state index in [0.717, 1.165) is 36.8 Å². The van der Waals surface area contributed by atoms with Gasteiger partial charge in [-0.3, -0.25) is 4.79 Å². The summed E-state index contributed by atoms with van der Waals surface area (Å²) in [7, 11) is 0. The van der Waals surface area contributed by atoms with Crippen LogP contribution in [0.5, 0.6) is 5.75 Å². The lowest BCUT2D eigenvalue weighted by Gasteiger charge is -2.19. The Morgan fingerprint density at radius 3 is 2.07 bits per heavy atom. The van der Waals surface area contributed by atoms with Crippen LogP contribution in [-0.2, 0) is 4.74 Å². The third-order valence-electron chi connectivity index (χ3n) is 5.65. The molecule has 2 unspecified atom stereocenters. The Bertz CT molecular complexity index is 692. The lowest BCUT2D eigenvalue weighted by Crippen LogP contribution is -2.11. The fraction of sp³-hybridized carbons (Fsp3) is 0.577. The van der Waals surface area contributed by atoms with Crippen LogP contribution < -0.4 is 0 Å². The van der Waals surface area contributed by atoms with Gasteiger partial charge in [0.25, 0.3) is 0 Å². The summed E-state index contributed by atoms with van der Waals surface area (Å²) in [6, 6.07) is 3.70. The highest BCUT2D eigenvalue weighted by molar-refractivity contribution is 5.97. The highest BCUT2D eigenvalue weighted by Gasteiger charge is 2.20. The zero-order chi connectivity index (χ0) is 22.0. The van der Waals surface area contributed by atoms with E-state index < -0.39 is 0 Å². The van der Waals surface area contributed by atoms with Crippen LogP contribution in [0.15, 0.2) is 35.4 Å². The highest BCUT2D eigenvalue weighted by atomic mass is 16.5. The molecule has 3 heteroatoms.